The van der Waals surface area contributed by atoms with Crippen molar-refractivity contribution in [3.63, 3.8) is 0 Å². The fraction of sp³-hybridized carbons (Fsp3) is 0.588. The van der Waals surface area contributed by atoms with Crippen LogP contribution in [0.25, 0.3) is 0 Å². The zero-order valence-corrected chi connectivity index (χ0v) is 14.7. The number of rotatable bonds is 7. The number of carbonyl (C=O) groups excluding carboxylic acids is 1. The van der Waals surface area contributed by atoms with Gasteiger partial charge in [-0.1, -0.05) is 36.2 Å². The lowest BCUT2D eigenvalue weighted by Gasteiger charge is -2.24. The van der Waals surface area contributed by atoms with Gasteiger partial charge in [-0.05, 0) is 50.3 Å². The molecule has 122 valence electrons. The number of esters is 1. The first-order valence-electron chi connectivity index (χ1n) is 7.54. The van der Waals surface area contributed by atoms with Crippen LogP contribution in [0.5, 0.6) is 0 Å². The van der Waals surface area contributed by atoms with E-state index in [0.29, 0.717) is 29.7 Å². The maximum absolute atomic E-state index is 12.2. The molecule has 0 N–H and O–H groups in total. The highest BCUT2D eigenvalue weighted by molar-refractivity contribution is 6.36. The van der Waals surface area contributed by atoms with Gasteiger partial charge in [0, 0.05) is 10.0 Å². The van der Waals surface area contributed by atoms with E-state index in [-0.39, 0.29) is 18.0 Å². The average molecular weight is 345 g/mol. The van der Waals surface area contributed by atoms with Crippen LogP contribution >= 0.6 is 23.2 Å². The summed E-state index contributed by atoms with van der Waals surface area (Å²) >= 11 is 12.5. The Morgan fingerprint density at radius 2 is 2.00 bits per heavy atom. The Bertz CT molecular complexity index is 518. The SMILES string of the molecule is C[C@@H](CCC(C)(C)C(=O)OC[C@H]1CO1)c1c(Cl)cccc1Cl. The first kappa shape index (κ1) is 17.6. The average Bonchev–Trinajstić information content (AvgIpc) is 3.26. The Hall–Kier alpha value is -0.770. The molecule has 5 heteroatoms. The molecule has 1 aromatic carbocycles. The molecule has 0 aromatic heterocycles. The fourth-order valence-electron chi connectivity index (χ4n) is 2.33. The monoisotopic (exact) mass is 344 g/mol. The molecule has 0 saturated carbocycles. The van der Waals surface area contributed by atoms with Gasteiger partial charge in [0.1, 0.15) is 12.7 Å². The minimum atomic E-state index is -0.531. The molecule has 1 aliphatic heterocycles. The predicted octanol–water partition coefficient (Wildman–Crippen LogP) is 4.85. The third-order valence-corrected chi connectivity index (χ3v) is 4.71. The van der Waals surface area contributed by atoms with Gasteiger partial charge in [-0.25, -0.2) is 0 Å². The van der Waals surface area contributed by atoms with Gasteiger partial charge < -0.3 is 9.47 Å². The van der Waals surface area contributed by atoms with Crippen LogP contribution in [-0.2, 0) is 14.3 Å². The molecular formula is C17H22Cl2O3. The van der Waals surface area contributed by atoms with E-state index in [1.807, 2.05) is 32.0 Å². The highest BCUT2D eigenvalue weighted by atomic mass is 35.5. The van der Waals surface area contributed by atoms with Crippen molar-refractivity contribution in [3.8, 4) is 0 Å². The third kappa shape index (κ3) is 4.61. The molecule has 0 unspecified atom stereocenters. The number of epoxide rings is 1. The zero-order chi connectivity index (χ0) is 16.3. The van der Waals surface area contributed by atoms with E-state index in [2.05, 4.69) is 6.92 Å². The molecule has 0 spiro atoms. The standard InChI is InChI=1S/C17H22Cl2O3/c1-11(15-13(18)5-4-6-14(15)19)7-8-17(2,3)16(20)22-10-12-9-21-12/h4-6,11-12H,7-10H2,1-3H3/t11-,12+/m0/s1. The molecule has 1 heterocycles. The quantitative estimate of drug-likeness (QED) is 0.524. The van der Waals surface area contributed by atoms with Gasteiger partial charge in [-0.2, -0.15) is 0 Å². The van der Waals surface area contributed by atoms with E-state index in [0.717, 1.165) is 12.0 Å². The molecule has 1 fully saturated rings. The molecular weight excluding hydrogens is 323 g/mol. The zero-order valence-electron chi connectivity index (χ0n) is 13.2. The fourth-order valence-corrected chi connectivity index (χ4v) is 3.10. The lowest BCUT2D eigenvalue weighted by molar-refractivity contribution is -0.154. The van der Waals surface area contributed by atoms with Crippen LogP contribution in [0.3, 0.4) is 0 Å². The Morgan fingerprint density at radius 1 is 1.41 bits per heavy atom. The van der Waals surface area contributed by atoms with Gasteiger partial charge >= 0.3 is 5.97 Å². The van der Waals surface area contributed by atoms with Crippen molar-refractivity contribution in [2.45, 2.75) is 45.6 Å². The van der Waals surface area contributed by atoms with E-state index >= 15 is 0 Å². The Labute approximate surface area is 141 Å². The minimum absolute atomic E-state index is 0.0978. The maximum atomic E-state index is 12.2. The van der Waals surface area contributed by atoms with E-state index < -0.39 is 5.41 Å². The largest absolute Gasteiger partial charge is 0.462 e. The van der Waals surface area contributed by atoms with Crippen LogP contribution in [0.2, 0.25) is 10.0 Å². The Balaban J connectivity index is 1.90. The minimum Gasteiger partial charge on any atom is -0.462 e. The van der Waals surface area contributed by atoms with Crippen molar-refractivity contribution in [2.24, 2.45) is 5.41 Å². The van der Waals surface area contributed by atoms with Gasteiger partial charge in [-0.15, -0.1) is 0 Å². The van der Waals surface area contributed by atoms with E-state index in [1.165, 1.54) is 0 Å². The molecule has 2 rings (SSSR count). The van der Waals surface area contributed by atoms with Crippen molar-refractivity contribution in [2.75, 3.05) is 13.2 Å². The van der Waals surface area contributed by atoms with Gasteiger partial charge in [0.15, 0.2) is 0 Å². The lowest BCUT2D eigenvalue weighted by Crippen LogP contribution is -2.28. The Morgan fingerprint density at radius 3 is 2.55 bits per heavy atom. The summed E-state index contributed by atoms with van der Waals surface area (Å²) in [5.41, 5.74) is 0.415. The second-order valence-electron chi connectivity index (χ2n) is 6.51. The first-order chi connectivity index (χ1) is 10.3. The van der Waals surface area contributed by atoms with Crippen LogP contribution in [0.15, 0.2) is 18.2 Å². The third-order valence-electron chi connectivity index (χ3n) is 4.05. The van der Waals surface area contributed by atoms with E-state index in [9.17, 15) is 4.79 Å². The van der Waals surface area contributed by atoms with Crippen molar-refractivity contribution in [1.29, 1.82) is 0 Å². The number of carbonyl (C=O) groups is 1. The topological polar surface area (TPSA) is 38.8 Å². The van der Waals surface area contributed by atoms with Gasteiger partial charge in [0.2, 0.25) is 0 Å². The van der Waals surface area contributed by atoms with Crippen molar-refractivity contribution in [3.05, 3.63) is 33.8 Å². The van der Waals surface area contributed by atoms with Gasteiger partial charge in [-0.3, -0.25) is 4.79 Å². The molecule has 1 saturated heterocycles. The lowest BCUT2D eigenvalue weighted by atomic mass is 9.83. The summed E-state index contributed by atoms with van der Waals surface area (Å²) < 4.78 is 10.3. The highest BCUT2D eigenvalue weighted by Crippen LogP contribution is 2.36. The normalized spacial score (nSPS) is 18.9. The Kier molecular flexibility index (Phi) is 5.76. The van der Waals surface area contributed by atoms with Gasteiger partial charge in [0.25, 0.3) is 0 Å². The van der Waals surface area contributed by atoms with Crippen LogP contribution in [0.1, 0.15) is 45.1 Å². The van der Waals surface area contributed by atoms with E-state index in [1.54, 1.807) is 0 Å². The molecule has 1 aromatic rings. The molecule has 0 radical (unpaired) electrons. The summed E-state index contributed by atoms with van der Waals surface area (Å²) in [4.78, 5) is 12.2. The molecule has 22 heavy (non-hydrogen) atoms. The molecule has 0 amide bonds. The second kappa shape index (κ2) is 7.20. The smallest absolute Gasteiger partial charge is 0.311 e. The summed E-state index contributed by atoms with van der Waals surface area (Å²) in [7, 11) is 0. The van der Waals surface area contributed by atoms with Crippen LogP contribution in [0.4, 0.5) is 0 Å². The molecule has 3 nitrogen and oxygen atoms in total. The van der Waals surface area contributed by atoms with Gasteiger partial charge in [0.05, 0.1) is 12.0 Å². The summed E-state index contributed by atoms with van der Waals surface area (Å²) in [6.07, 6.45) is 1.62. The number of benzene rings is 1. The summed E-state index contributed by atoms with van der Waals surface area (Å²) in [6.45, 7) is 6.94. The number of halogens is 2. The summed E-state index contributed by atoms with van der Waals surface area (Å²) in [5, 5.41) is 1.34. The van der Waals surface area contributed by atoms with Crippen LogP contribution < -0.4 is 0 Å². The molecule has 2 atom stereocenters. The van der Waals surface area contributed by atoms with Crippen molar-refractivity contribution < 1.29 is 14.3 Å². The predicted molar refractivity (Wildman–Crippen MR) is 88.6 cm³/mol. The maximum Gasteiger partial charge on any atom is 0.311 e. The number of hydrogen-bond acceptors (Lipinski definition) is 3. The van der Waals surface area contributed by atoms with Crippen molar-refractivity contribution >= 4 is 29.2 Å². The summed E-state index contributed by atoms with van der Waals surface area (Å²) in [5.74, 6) is 0.000459. The number of ether oxygens (including phenoxy) is 2. The molecule has 0 aliphatic carbocycles. The van der Waals surface area contributed by atoms with Crippen molar-refractivity contribution in [1.82, 2.24) is 0 Å². The second-order valence-corrected chi connectivity index (χ2v) is 7.33. The summed E-state index contributed by atoms with van der Waals surface area (Å²) in [6, 6.07) is 5.52. The number of hydrogen-bond donors (Lipinski definition) is 0. The molecule has 0 bridgehead atoms. The van der Waals surface area contributed by atoms with E-state index in [4.69, 9.17) is 32.7 Å². The first-order valence-corrected chi connectivity index (χ1v) is 8.29. The van der Waals surface area contributed by atoms with Crippen LogP contribution in [0, 0.1) is 5.41 Å². The highest BCUT2D eigenvalue weighted by Gasteiger charge is 2.32. The molecule has 1 aliphatic rings. The van der Waals surface area contributed by atoms with Crippen LogP contribution in [-0.4, -0.2) is 25.3 Å².